The Morgan fingerprint density at radius 1 is 1.10 bits per heavy atom. The molecule has 2 aromatic rings. The van der Waals surface area contributed by atoms with Gasteiger partial charge in [-0.2, -0.15) is 10.2 Å². The van der Waals surface area contributed by atoms with Crippen LogP contribution < -0.4 is 15.1 Å². The van der Waals surface area contributed by atoms with Crippen LogP contribution in [0.4, 0.5) is 17.5 Å². The van der Waals surface area contributed by atoms with E-state index < -0.39 is 10.8 Å². The Morgan fingerprint density at radius 2 is 1.84 bits per heavy atom. The highest BCUT2D eigenvalue weighted by atomic mass is 32.2. The molecule has 1 N–H and O–H groups in total. The van der Waals surface area contributed by atoms with Crippen molar-refractivity contribution in [1.82, 2.24) is 9.97 Å². The van der Waals surface area contributed by atoms with Gasteiger partial charge < -0.3 is 19.9 Å². The molecule has 1 atom stereocenters. The molecule has 31 heavy (non-hydrogen) atoms. The van der Waals surface area contributed by atoms with E-state index in [1.54, 1.807) is 0 Å². The average Bonchev–Trinajstić information content (AvgIpc) is 3.21. The summed E-state index contributed by atoms with van der Waals surface area (Å²) in [5, 5.41) is 13.0. The Bertz CT molecular complexity index is 1030. The van der Waals surface area contributed by atoms with E-state index in [9.17, 15) is 9.47 Å². The largest absolute Gasteiger partial charge is 0.381 e. The van der Waals surface area contributed by atoms with Gasteiger partial charge in [-0.25, -0.2) is 4.98 Å². The molecule has 3 aliphatic rings. The van der Waals surface area contributed by atoms with Crippen molar-refractivity contribution in [1.29, 1.82) is 5.26 Å². The molecule has 0 saturated carbocycles. The van der Waals surface area contributed by atoms with Crippen LogP contribution >= 0.6 is 0 Å². The number of ether oxygens (including phenoxy) is 1. The summed E-state index contributed by atoms with van der Waals surface area (Å²) in [7, 11) is -1.04. The van der Waals surface area contributed by atoms with Crippen LogP contribution in [0.15, 0.2) is 29.2 Å². The normalized spacial score (nSPS) is 21.6. The van der Waals surface area contributed by atoms with Gasteiger partial charge in [0.15, 0.2) is 0 Å². The number of nitriles is 1. The molecule has 0 amide bonds. The number of aryl methyl sites for hydroxylation is 1. The molecule has 9 heteroatoms. The lowest BCUT2D eigenvalue weighted by Crippen LogP contribution is -2.47. The fraction of sp³-hybridized carbons (Fsp3) is 0.500. The minimum Gasteiger partial charge on any atom is -0.381 e. The molecule has 0 radical (unpaired) electrons. The van der Waals surface area contributed by atoms with Crippen molar-refractivity contribution in [2.45, 2.75) is 30.2 Å². The molecule has 2 saturated heterocycles. The van der Waals surface area contributed by atoms with Crippen molar-refractivity contribution < 1.29 is 8.95 Å². The van der Waals surface area contributed by atoms with E-state index in [4.69, 9.17) is 14.7 Å². The zero-order valence-corrected chi connectivity index (χ0v) is 18.2. The maximum atomic E-state index is 12.6. The summed E-state index contributed by atoms with van der Waals surface area (Å²) in [4.78, 5) is 14.9. The van der Waals surface area contributed by atoms with Crippen molar-refractivity contribution in [2.75, 3.05) is 60.3 Å². The molecule has 1 unspecified atom stereocenters. The van der Waals surface area contributed by atoms with E-state index in [-0.39, 0.29) is 6.04 Å². The topological polar surface area (TPSA) is 94.4 Å². The number of anilines is 3. The Balaban J connectivity index is 1.35. The van der Waals surface area contributed by atoms with Crippen LogP contribution in [0.5, 0.6) is 0 Å². The van der Waals surface area contributed by atoms with E-state index >= 15 is 0 Å². The summed E-state index contributed by atoms with van der Waals surface area (Å²) in [6.07, 6.45) is 2.59. The van der Waals surface area contributed by atoms with Crippen molar-refractivity contribution in [2.24, 2.45) is 0 Å². The van der Waals surface area contributed by atoms with Gasteiger partial charge in [0, 0.05) is 57.6 Å². The SMILES string of the molecule is N#Cc1ccccc1N1CCN(c2nc3c(c(NC4CCOCC4)n2)S(=O)CC3)CC1. The van der Waals surface area contributed by atoms with Gasteiger partial charge >= 0.3 is 0 Å². The molecular weight excluding hydrogens is 412 g/mol. The quantitative estimate of drug-likeness (QED) is 0.774. The van der Waals surface area contributed by atoms with Gasteiger partial charge in [0.05, 0.1) is 27.7 Å². The maximum absolute atomic E-state index is 12.6. The number of nitrogens with zero attached hydrogens (tertiary/aromatic N) is 5. The Kier molecular flexibility index (Phi) is 5.74. The molecule has 4 heterocycles. The average molecular weight is 439 g/mol. The molecule has 3 aliphatic heterocycles. The monoisotopic (exact) mass is 438 g/mol. The molecule has 0 aliphatic carbocycles. The highest BCUT2D eigenvalue weighted by Crippen LogP contribution is 2.31. The number of para-hydroxylation sites is 1. The fourth-order valence-electron chi connectivity index (χ4n) is 4.45. The van der Waals surface area contributed by atoms with Crippen molar-refractivity contribution in [3.05, 3.63) is 35.5 Å². The summed E-state index contributed by atoms with van der Waals surface area (Å²) in [5.74, 6) is 2.06. The van der Waals surface area contributed by atoms with Gasteiger partial charge in [-0.05, 0) is 25.0 Å². The number of hydrogen-bond acceptors (Lipinski definition) is 8. The fourth-order valence-corrected chi connectivity index (χ4v) is 5.76. The van der Waals surface area contributed by atoms with Crippen LogP contribution in [0.25, 0.3) is 0 Å². The van der Waals surface area contributed by atoms with Crippen molar-refractivity contribution in [3.8, 4) is 6.07 Å². The third kappa shape index (κ3) is 4.10. The standard InChI is InChI=1S/C22H26N6O2S/c23-15-16-3-1-2-4-19(16)27-8-10-28(11-9-27)22-25-18-7-14-31(29)20(18)21(26-22)24-17-5-12-30-13-6-17/h1-4,17H,5-14H2,(H,24,25,26). The number of nitrogens with one attached hydrogen (secondary N) is 1. The van der Waals surface area contributed by atoms with Gasteiger partial charge in [-0.15, -0.1) is 0 Å². The van der Waals surface area contributed by atoms with E-state index in [0.29, 0.717) is 17.3 Å². The lowest BCUT2D eigenvalue weighted by molar-refractivity contribution is 0.0903. The zero-order valence-electron chi connectivity index (χ0n) is 17.4. The lowest BCUT2D eigenvalue weighted by atomic mass is 10.1. The number of rotatable bonds is 4. The van der Waals surface area contributed by atoms with E-state index in [2.05, 4.69) is 21.2 Å². The number of benzene rings is 1. The van der Waals surface area contributed by atoms with Gasteiger partial charge in [0.25, 0.3) is 0 Å². The minimum absolute atomic E-state index is 0.289. The number of fused-ring (bicyclic) bond motifs is 1. The third-order valence-electron chi connectivity index (χ3n) is 6.17. The predicted octanol–water partition coefficient (Wildman–Crippen LogP) is 1.93. The van der Waals surface area contributed by atoms with Gasteiger partial charge in [-0.3, -0.25) is 4.21 Å². The van der Waals surface area contributed by atoms with Crippen molar-refractivity contribution in [3.63, 3.8) is 0 Å². The highest BCUT2D eigenvalue weighted by molar-refractivity contribution is 7.85. The molecular formula is C22H26N6O2S. The second-order valence-electron chi connectivity index (χ2n) is 8.08. The molecule has 5 rings (SSSR count). The molecule has 162 valence electrons. The first-order chi connectivity index (χ1) is 15.2. The zero-order chi connectivity index (χ0) is 21.2. The van der Waals surface area contributed by atoms with Crippen LogP contribution in [0.3, 0.4) is 0 Å². The molecule has 0 spiro atoms. The van der Waals surface area contributed by atoms with E-state index in [0.717, 1.165) is 80.7 Å². The first kappa shape index (κ1) is 20.2. The van der Waals surface area contributed by atoms with Crippen LogP contribution in [0.1, 0.15) is 24.1 Å². The highest BCUT2D eigenvalue weighted by Gasteiger charge is 2.29. The molecule has 8 nitrogen and oxygen atoms in total. The Morgan fingerprint density at radius 3 is 2.61 bits per heavy atom. The first-order valence-corrected chi connectivity index (χ1v) is 12.2. The second-order valence-corrected chi connectivity index (χ2v) is 9.59. The summed E-state index contributed by atoms with van der Waals surface area (Å²) in [5.41, 5.74) is 2.60. The Labute approximate surface area is 184 Å². The lowest BCUT2D eigenvalue weighted by Gasteiger charge is -2.36. The van der Waals surface area contributed by atoms with E-state index in [1.807, 2.05) is 24.3 Å². The first-order valence-electron chi connectivity index (χ1n) is 10.9. The maximum Gasteiger partial charge on any atom is 0.227 e. The number of piperazine rings is 1. The van der Waals surface area contributed by atoms with Crippen LogP contribution in [0.2, 0.25) is 0 Å². The smallest absolute Gasteiger partial charge is 0.227 e. The van der Waals surface area contributed by atoms with Gasteiger partial charge in [0.1, 0.15) is 16.8 Å². The second kappa shape index (κ2) is 8.81. The van der Waals surface area contributed by atoms with Crippen LogP contribution in [-0.2, 0) is 22.0 Å². The van der Waals surface area contributed by atoms with E-state index in [1.165, 1.54) is 0 Å². The number of hydrogen-bond donors (Lipinski definition) is 1. The number of aromatic nitrogens is 2. The summed E-state index contributed by atoms with van der Waals surface area (Å²) >= 11 is 0. The van der Waals surface area contributed by atoms with Crippen LogP contribution in [-0.4, -0.2) is 65.4 Å². The summed E-state index contributed by atoms with van der Waals surface area (Å²) in [6, 6.07) is 10.3. The predicted molar refractivity (Wildman–Crippen MR) is 120 cm³/mol. The third-order valence-corrected chi connectivity index (χ3v) is 7.62. The van der Waals surface area contributed by atoms with Crippen LogP contribution in [0, 0.1) is 11.3 Å². The summed E-state index contributed by atoms with van der Waals surface area (Å²) < 4.78 is 18.1. The molecule has 2 fully saturated rings. The van der Waals surface area contributed by atoms with Gasteiger partial charge in [0.2, 0.25) is 5.95 Å². The minimum atomic E-state index is -1.04. The van der Waals surface area contributed by atoms with Gasteiger partial charge in [-0.1, -0.05) is 12.1 Å². The molecule has 0 bridgehead atoms. The van der Waals surface area contributed by atoms with Crippen molar-refractivity contribution >= 4 is 28.3 Å². The molecule has 1 aromatic heterocycles. The Hall–Kier alpha value is -2.70. The molecule has 1 aromatic carbocycles. The summed E-state index contributed by atoms with van der Waals surface area (Å²) in [6.45, 7) is 4.64.